The lowest BCUT2D eigenvalue weighted by molar-refractivity contribution is -0.132. The van der Waals surface area contributed by atoms with Crippen LogP contribution in [0.2, 0.25) is 0 Å². The number of nitrogens with zero attached hydrogens (tertiary/aromatic N) is 4. The molecule has 1 aromatic heterocycles. The number of carbonyl (C=O) groups is 1. The van der Waals surface area contributed by atoms with E-state index in [0.717, 1.165) is 5.56 Å². The smallest absolute Gasteiger partial charge is 0.317 e. The Morgan fingerprint density at radius 1 is 0.714 bits per heavy atom. The van der Waals surface area contributed by atoms with E-state index in [2.05, 4.69) is 0 Å². The number of piperazine rings is 1. The molecule has 8 heteroatoms. The second-order valence-electron chi connectivity index (χ2n) is 8.58. The van der Waals surface area contributed by atoms with Crippen molar-refractivity contribution >= 4 is 22.6 Å². The molecule has 7 nitrogen and oxygen atoms in total. The van der Waals surface area contributed by atoms with Gasteiger partial charge in [0.1, 0.15) is 12.4 Å². The van der Waals surface area contributed by atoms with Crippen LogP contribution in [0.3, 0.4) is 0 Å². The van der Waals surface area contributed by atoms with E-state index < -0.39 is 11.1 Å². The second kappa shape index (κ2) is 9.58. The van der Waals surface area contributed by atoms with E-state index in [9.17, 15) is 18.8 Å². The molecule has 4 aromatic rings. The highest BCUT2D eigenvalue weighted by Crippen LogP contribution is 2.20. The largest absolute Gasteiger partial charge is 0.366 e. The monoisotopic (exact) mass is 472 g/mol. The van der Waals surface area contributed by atoms with Crippen molar-refractivity contribution in [3.63, 3.8) is 0 Å². The second-order valence-corrected chi connectivity index (χ2v) is 8.58. The summed E-state index contributed by atoms with van der Waals surface area (Å²) in [6.07, 6.45) is 0. The van der Waals surface area contributed by atoms with Gasteiger partial charge in [0, 0.05) is 26.2 Å². The summed E-state index contributed by atoms with van der Waals surface area (Å²) in [6, 6.07) is 23.2. The zero-order valence-electron chi connectivity index (χ0n) is 19.1. The number of hydrogen-bond donors (Lipinski definition) is 0. The molecular formula is C27H25FN4O3. The van der Waals surface area contributed by atoms with Gasteiger partial charge < -0.3 is 9.80 Å². The van der Waals surface area contributed by atoms with Crippen molar-refractivity contribution < 1.29 is 9.18 Å². The van der Waals surface area contributed by atoms with Crippen LogP contribution in [0.25, 0.3) is 11.0 Å². The van der Waals surface area contributed by atoms with Gasteiger partial charge in [0.25, 0.3) is 0 Å². The summed E-state index contributed by atoms with van der Waals surface area (Å²) in [7, 11) is 0. The van der Waals surface area contributed by atoms with Crippen molar-refractivity contribution in [3.8, 4) is 0 Å². The average Bonchev–Trinajstić information content (AvgIpc) is 2.90. The first kappa shape index (κ1) is 22.6. The van der Waals surface area contributed by atoms with Crippen molar-refractivity contribution in [1.82, 2.24) is 14.0 Å². The number of benzene rings is 3. The van der Waals surface area contributed by atoms with Gasteiger partial charge in [-0.15, -0.1) is 0 Å². The van der Waals surface area contributed by atoms with Gasteiger partial charge in [-0.3, -0.25) is 23.5 Å². The molecule has 1 saturated heterocycles. The van der Waals surface area contributed by atoms with Crippen molar-refractivity contribution in [3.05, 3.63) is 111 Å². The standard InChI is InChI=1S/C27H25FN4O3/c28-21-10-4-5-11-22(21)29-14-16-30(17-15-29)25(33)19-32-24-13-7-6-12-23(24)31(26(34)27(32)35)18-20-8-2-1-3-9-20/h1-13H,14-19H2. The molecular weight excluding hydrogens is 447 g/mol. The SMILES string of the molecule is O=C(Cn1c(=O)c(=O)n(Cc2ccccc2)c2ccccc21)N1CCN(c2ccccc2F)CC1. The van der Waals surface area contributed by atoms with Gasteiger partial charge in [0.15, 0.2) is 0 Å². The summed E-state index contributed by atoms with van der Waals surface area (Å²) in [5, 5.41) is 0. The minimum atomic E-state index is -0.724. The Labute approximate surface area is 201 Å². The van der Waals surface area contributed by atoms with Crippen LogP contribution in [0.15, 0.2) is 88.5 Å². The van der Waals surface area contributed by atoms with E-state index in [-0.39, 0.29) is 24.8 Å². The molecule has 1 amide bonds. The van der Waals surface area contributed by atoms with Crippen LogP contribution in [0, 0.1) is 5.82 Å². The third-order valence-electron chi connectivity index (χ3n) is 6.44. The predicted molar refractivity (Wildman–Crippen MR) is 133 cm³/mol. The third kappa shape index (κ3) is 4.47. The van der Waals surface area contributed by atoms with Crippen LogP contribution in [-0.4, -0.2) is 46.1 Å². The third-order valence-corrected chi connectivity index (χ3v) is 6.44. The quantitative estimate of drug-likeness (QED) is 0.419. The number of fused-ring (bicyclic) bond motifs is 1. The minimum absolute atomic E-state index is 0.222. The number of para-hydroxylation sites is 3. The Morgan fingerprint density at radius 3 is 1.97 bits per heavy atom. The van der Waals surface area contributed by atoms with Crippen LogP contribution in [0.5, 0.6) is 0 Å². The van der Waals surface area contributed by atoms with Gasteiger partial charge in [-0.25, -0.2) is 4.39 Å². The fourth-order valence-electron chi connectivity index (χ4n) is 4.59. The lowest BCUT2D eigenvalue weighted by Crippen LogP contribution is -2.51. The minimum Gasteiger partial charge on any atom is -0.366 e. The normalized spacial score (nSPS) is 13.9. The molecule has 0 aliphatic carbocycles. The van der Waals surface area contributed by atoms with Crippen molar-refractivity contribution in [2.24, 2.45) is 0 Å². The maximum atomic E-state index is 14.1. The number of amides is 1. The van der Waals surface area contributed by atoms with Gasteiger partial charge >= 0.3 is 11.1 Å². The summed E-state index contributed by atoms with van der Waals surface area (Å²) in [5.74, 6) is -0.535. The summed E-state index contributed by atoms with van der Waals surface area (Å²) in [6.45, 7) is 1.83. The number of anilines is 1. The van der Waals surface area contributed by atoms with E-state index in [4.69, 9.17) is 0 Å². The highest BCUT2D eigenvalue weighted by Gasteiger charge is 2.24. The summed E-state index contributed by atoms with van der Waals surface area (Å²) < 4.78 is 16.9. The summed E-state index contributed by atoms with van der Waals surface area (Å²) in [4.78, 5) is 42.9. The molecule has 0 saturated carbocycles. The predicted octanol–water partition coefficient (Wildman–Crippen LogP) is 2.70. The number of rotatable bonds is 5. The topological polar surface area (TPSA) is 67.5 Å². The van der Waals surface area contributed by atoms with E-state index in [1.807, 2.05) is 41.3 Å². The Morgan fingerprint density at radius 2 is 1.29 bits per heavy atom. The first-order valence-corrected chi connectivity index (χ1v) is 11.6. The molecule has 0 unspecified atom stereocenters. The fraction of sp³-hybridized carbons (Fsp3) is 0.222. The lowest BCUT2D eigenvalue weighted by Gasteiger charge is -2.36. The number of carbonyl (C=O) groups excluding carboxylic acids is 1. The van der Waals surface area contributed by atoms with Crippen LogP contribution < -0.4 is 16.0 Å². The van der Waals surface area contributed by atoms with E-state index in [1.54, 1.807) is 41.3 Å². The molecule has 2 heterocycles. The van der Waals surface area contributed by atoms with Crippen molar-refractivity contribution in [2.45, 2.75) is 13.1 Å². The number of halogens is 1. The van der Waals surface area contributed by atoms with Gasteiger partial charge in [0.2, 0.25) is 5.91 Å². The molecule has 0 N–H and O–H groups in total. The molecule has 35 heavy (non-hydrogen) atoms. The van der Waals surface area contributed by atoms with E-state index in [1.165, 1.54) is 15.2 Å². The van der Waals surface area contributed by atoms with Crippen LogP contribution in [0.1, 0.15) is 5.56 Å². The molecule has 1 aliphatic rings. The fourth-order valence-corrected chi connectivity index (χ4v) is 4.59. The van der Waals surface area contributed by atoms with Crippen LogP contribution in [0.4, 0.5) is 10.1 Å². The maximum absolute atomic E-state index is 14.1. The maximum Gasteiger partial charge on any atom is 0.317 e. The first-order valence-electron chi connectivity index (χ1n) is 11.6. The molecule has 0 bridgehead atoms. The molecule has 0 spiro atoms. The van der Waals surface area contributed by atoms with Gasteiger partial charge in [-0.2, -0.15) is 0 Å². The molecule has 178 valence electrons. The first-order chi connectivity index (χ1) is 17.0. The highest BCUT2D eigenvalue weighted by molar-refractivity contribution is 5.80. The Balaban J connectivity index is 1.39. The number of hydrogen-bond acceptors (Lipinski definition) is 4. The van der Waals surface area contributed by atoms with Crippen LogP contribution in [-0.2, 0) is 17.9 Å². The zero-order chi connectivity index (χ0) is 24.4. The van der Waals surface area contributed by atoms with E-state index in [0.29, 0.717) is 42.9 Å². The molecule has 3 aromatic carbocycles. The van der Waals surface area contributed by atoms with Gasteiger partial charge in [0.05, 0.1) is 23.3 Å². The summed E-state index contributed by atoms with van der Waals surface area (Å²) >= 11 is 0. The molecule has 5 rings (SSSR count). The van der Waals surface area contributed by atoms with Gasteiger partial charge in [-0.1, -0.05) is 54.6 Å². The van der Waals surface area contributed by atoms with Crippen molar-refractivity contribution in [2.75, 3.05) is 31.1 Å². The van der Waals surface area contributed by atoms with E-state index >= 15 is 0 Å². The molecule has 1 fully saturated rings. The Hall–Kier alpha value is -4.20. The Kier molecular flexibility index (Phi) is 6.18. The van der Waals surface area contributed by atoms with Crippen molar-refractivity contribution in [1.29, 1.82) is 0 Å². The summed E-state index contributed by atoms with van der Waals surface area (Å²) in [5.41, 5.74) is 1.16. The lowest BCUT2D eigenvalue weighted by atomic mass is 10.2. The van der Waals surface area contributed by atoms with Gasteiger partial charge in [-0.05, 0) is 29.8 Å². The Bertz CT molecular complexity index is 1490. The zero-order valence-corrected chi connectivity index (χ0v) is 19.1. The molecule has 1 aliphatic heterocycles. The average molecular weight is 473 g/mol. The highest BCUT2D eigenvalue weighted by atomic mass is 19.1. The van der Waals surface area contributed by atoms with Crippen LogP contribution >= 0.6 is 0 Å². The molecule has 0 atom stereocenters. The number of aromatic nitrogens is 2. The molecule has 0 radical (unpaired) electrons.